The lowest BCUT2D eigenvalue weighted by molar-refractivity contribution is 0.191. The van der Waals surface area contributed by atoms with Gasteiger partial charge in [-0.3, -0.25) is 4.57 Å². The largest absolute Gasteiger partial charge is 0.494 e. The number of nitrogens with zero attached hydrogens (tertiary/aromatic N) is 6. The van der Waals surface area contributed by atoms with E-state index in [2.05, 4.69) is 25.1 Å². The van der Waals surface area contributed by atoms with Gasteiger partial charge in [0.2, 0.25) is 5.88 Å². The van der Waals surface area contributed by atoms with Gasteiger partial charge >= 0.3 is 0 Å². The molecule has 0 aliphatic heterocycles. The van der Waals surface area contributed by atoms with Crippen molar-refractivity contribution in [3.63, 3.8) is 0 Å². The van der Waals surface area contributed by atoms with Crippen LogP contribution < -0.4 is 14.2 Å². The van der Waals surface area contributed by atoms with E-state index in [1.54, 1.807) is 43.3 Å². The summed E-state index contributed by atoms with van der Waals surface area (Å²) in [6.07, 6.45) is 1.61. The average Bonchev–Trinajstić information content (AvgIpc) is 3.30. The van der Waals surface area contributed by atoms with Gasteiger partial charge in [-0.2, -0.15) is 0 Å². The van der Waals surface area contributed by atoms with Crippen LogP contribution >= 0.6 is 0 Å². The molecule has 0 spiro atoms. The van der Waals surface area contributed by atoms with E-state index in [4.69, 9.17) is 14.2 Å². The minimum absolute atomic E-state index is 0.0170. The monoisotopic (exact) mass is 526 g/mol. The van der Waals surface area contributed by atoms with E-state index >= 15 is 0 Å². The minimum atomic E-state index is -3.92. The van der Waals surface area contributed by atoms with Crippen molar-refractivity contribution in [1.29, 1.82) is 0 Å². The quantitative estimate of drug-likeness (QED) is 0.323. The Morgan fingerprint density at radius 2 is 1.59 bits per heavy atom. The number of ether oxygens (including phenoxy) is 3. The van der Waals surface area contributed by atoms with Gasteiger partial charge in [-0.15, -0.1) is 10.2 Å². The number of rotatable bonds is 10. The number of pyridine rings is 1. The Labute approximate surface area is 213 Å². The van der Waals surface area contributed by atoms with Gasteiger partial charge in [0.25, 0.3) is 0 Å². The molecule has 0 saturated heterocycles. The SMILES string of the molecule is COc1cccc(-c2nnc(CS(=O)(=O)C[C@@H](O)c3ncc(C)cn3)n2-c2c(OC)cccc2OC)n1. The number of para-hydroxylation sites is 1. The smallest absolute Gasteiger partial charge is 0.213 e. The fourth-order valence-corrected chi connectivity index (χ4v) is 4.99. The van der Waals surface area contributed by atoms with Gasteiger partial charge in [-0.1, -0.05) is 12.1 Å². The lowest BCUT2D eigenvalue weighted by Gasteiger charge is -2.17. The molecule has 12 nitrogen and oxygen atoms in total. The molecule has 0 bridgehead atoms. The minimum Gasteiger partial charge on any atom is -0.494 e. The first-order valence-corrected chi connectivity index (χ1v) is 12.9. The van der Waals surface area contributed by atoms with E-state index in [1.807, 2.05) is 0 Å². The molecule has 0 saturated carbocycles. The predicted molar refractivity (Wildman–Crippen MR) is 133 cm³/mol. The summed E-state index contributed by atoms with van der Waals surface area (Å²) in [5, 5.41) is 18.9. The molecule has 13 heteroatoms. The van der Waals surface area contributed by atoms with Crippen molar-refractivity contribution in [3.8, 4) is 34.6 Å². The van der Waals surface area contributed by atoms with Crippen LogP contribution in [0, 0.1) is 6.92 Å². The highest BCUT2D eigenvalue weighted by Crippen LogP contribution is 2.36. The van der Waals surface area contributed by atoms with Crippen molar-refractivity contribution in [2.24, 2.45) is 0 Å². The third-order valence-electron chi connectivity index (χ3n) is 5.38. The summed E-state index contributed by atoms with van der Waals surface area (Å²) < 4.78 is 44.3. The molecule has 4 aromatic rings. The second-order valence-electron chi connectivity index (χ2n) is 8.04. The van der Waals surface area contributed by atoms with Gasteiger partial charge < -0.3 is 19.3 Å². The van der Waals surface area contributed by atoms with Gasteiger partial charge in [0.05, 0.1) is 27.1 Å². The van der Waals surface area contributed by atoms with Crippen LogP contribution in [0.15, 0.2) is 48.8 Å². The zero-order valence-corrected chi connectivity index (χ0v) is 21.5. The first-order valence-electron chi connectivity index (χ1n) is 11.1. The van der Waals surface area contributed by atoms with Crippen molar-refractivity contribution >= 4 is 9.84 Å². The molecular weight excluding hydrogens is 500 g/mol. The van der Waals surface area contributed by atoms with E-state index < -0.39 is 27.4 Å². The van der Waals surface area contributed by atoms with Crippen LogP contribution in [0.2, 0.25) is 0 Å². The maximum absolute atomic E-state index is 13.2. The number of methoxy groups -OCH3 is 3. The number of hydrogen-bond donors (Lipinski definition) is 1. The van der Waals surface area contributed by atoms with Crippen LogP contribution in [-0.2, 0) is 15.6 Å². The summed E-state index contributed by atoms with van der Waals surface area (Å²) in [5.41, 5.74) is 1.57. The van der Waals surface area contributed by atoms with Gasteiger partial charge in [0.15, 0.2) is 27.3 Å². The van der Waals surface area contributed by atoms with E-state index in [9.17, 15) is 13.5 Å². The van der Waals surface area contributed by atoms with Crippen molar-refractivity contribution in [1.82, 2.24) is 29.7 Å². The fourth-order valence-electron chi connectivity index (χ4n) is 3.66. The third-order valence-corrected chi connectivity index (χ3v) is 6.90. The Bertz CT molecular complexity index is 1470. The Morgan fingerprint density at radius 1 is 0.946 bits per heavy atom. The number of benzene rings is 1. The van der Waals surface area contributed by atoms with Crippen LogP contribution in [0.5, 0.6) is 17.4 Å². The second kappa shape index (κ2) is 10.9. The van der Waals surface area contributed by atoms with Crippen LogP contribution in [0.1, 0.15) is 23.3 Å². The Hall–Kier alpha value is -4.10. The van der Waals surface area contributed by atoms with Crippen LogP contribution in [0.3, 0.4) is 0 Å². The molecule has 4 rings (SSSR count). The first kappa shape index (κ1) is 26.0. The van der Waals surface area contributed by atoms with Gasteiger partial charge in [0, 0.05) is 18.5 Å². The van der Waals surface area contributed by atoms with Crippen molar-refractivity contribution in [2.75, 3.05) is 27.1 Å². The molecular formula is C24H26N6O6S. The van der Waals surface area contributed by atoms with E-state index in [0.29, 0.717) is 28.8 Å². The average molecular weight is 527 g/mol. The summed E-state index contributed by atoms with van der Waals surface area (Å²) in [7, 11) is 0.537. The summed E-state index contributed by atoms with van der Waals surface area (Å²) in [5.74, 6) is 0.309. The second-order valence-corrected chi connectivity index (χ2v) is 10.1. The van der Waals surface area contributed by atoms with Crippen LogP contribution in [-0.4, -0.2) is 70.3 Å². The van der Waals surface area contributed by atoms with Crippen LogP contribution in [0.4, 0.5) is 0 Å². The van der Waals surface area contributed by atoms with E-state index in [0.717, 1.165) is 5.56 Å². The summed E-state index contributed by atoms with van der Waals surface area (Å²) in [6.45, 7) is 1.79. The van der Waals surface area contributed by atoms with Gasteiger partial charge in [0.1, 0.15) is 34.7 Å². The molecule has 1 aromatic carbocycles. The van der Waals surface area contributed by atoms with Crippen molar-refractivity contribution < 1.29 is 27.7 Å². The van der Waals surface area contributed by atoms with Crippen LogP contribution in [0.25, 0.3) is 17.2 Å². The highest BCUT2D eigenvalue weighted by Gasteiger charge is 2.28. The molecule has 0 aliphatic carbocycles. The highest BCUT2D eigenvalue weighted by molar-refractivity contribution is 7.90. The molecule has 3 heterocycles. The highest BCUT2D eigenvalue weighted by atomic mass is 32.2. The molecule has 0 unspecified atom stereocenters. The topological polar surface area (TPSA) is 151 Å². The third kappa shape index (κ3) is 5.67. The number of aliphatic hydroxyl groups excluding tert-OH is 1. The number of aryl methyl sites for hydroxylation is 1. The maximum Gasteiger partial charge on any atom is 0.213 e. The Balaban J connectivity index is 1.80. The Morgan fingerprint density at radius 3 is 2.22 bits per heavy atom. The molecule has 0 aliphatic rings. The molecule has 1 atom stereocenters. The molecule has 1 N–H and O–H groups in total. The molecule has 194 valence electrons. The summed E-state index contributed by atoms with van der Waals surface area (Å²) in [6, 6.07) is 10.3. The zero-order chi connectivity index (χ0) is 26.6. The maximum atomic E-state index is 13.2. The lowest BCUT2D eigenvalue weighted by Crippen LogP contribution is -2.20. The van der Waals surface area contributed by atoms with Gasteiger partial charge in [-0.05, 0) is 30.7 Å². The van der Waals surface area contributed by atoms with E-state index in [-0.39, 0.29) is 17.5 Å². The summed E-state index contributed by atoms with van der Waals surface area (Å²) >= 11 is 0. The van der Waals surface area contributed by atoms with Gasteiger partial charge in [-0.25, -0.2) is 23.4 Å². The lowest BCUT2D eigenvalue weighted by atomic mass is 10.2. The number of aromatic nitrogens is 6. The molecule has 0 amide bonds. The van der Waals surface area contributed by atoms with E-state index in [1.165, 1.54) is 38.3 Å². The van der Waals surface area contributed by atoms with Crippen molar-refractivity contribution in [2.45, 2.75) is 18.8 Å². The van der Waals surface area contributed by atoms with Crippen molar-refractivity contribution in [3.05, 3.63) is 66.0 Å². The molecule has 37 heavy (non-hydrogen) atoms. The standard InChI is InChI=1S/C24H26N6O6S/c1-15-11-25-23(26-12-15)17(31)13-37(32,33)14-20-28-29-24(16-7-5-10-21(27-16)36-4)30(20)22-18(34-2)8-6-9-19(22)35-3/h5-12,17,31H,13-14H2,1-4H3/t17-/m1/s1. The predicted octanol–water partition coefficient (Wildman–Crippen LogP) is 2.10. The normalized spacial score (nSPS) is 12.2. The number of sulfone groups is 1. The number of aliphatic hydroxyl groups is 1. The molecule has 0 radical (unpaired) electrons. The number of hydrogen-bond acceptors (Lipinski definition) is 11. The first-order chi connectivity index (χ1) is 17.8. The Kier molecular flexibility index (Phi) is 7.64. The zero-order valence-electron chi connectivity index (χ0n) is 20.7. The molecule has 0 fully saturated rings. The summed E-state index contributed by atoms with van der Waals surface area (Å²) in [4.78, 5) is 12.5. The fraction of sp³-hybridized carbons (Fsp3) is 0.292. The molecule has 3 aromatic heterocycles.